The summed E-state index contributed by atoms with van der Waals surface area (Å²) in [5.74, 6) is -0.462. The molecule has 1 aliphatic rings. The highest BCUT2D eigenvalue weighted by molar-refractivity contribution is 5.95. The van der Waals surface area contributed by atoms with Gasteiger partial charge in [-0.15, -0.1) is 0 Å². The number of aliphatic hydroxyl groups excluding tert-OH is 1. The van der Waals surface area contributed by atoms with E-state index in [1.54, 1.807) is 12.1 Å². The molecule has 1 fully saturated rings. The predicted octanol–water partition coefficient (Wildman–Crippen LogP) is 1.11. The number of aliphatic hydroxyl groups is 1. The molecule has 0 spiro atoms. The molecule has 104 valence electrons. The summed E-state index contributed by atoms with van der Waals surface area (Å²) in [7, 11) is 0. The Bertz CT molecular complexity index is 462. The Morgan fingerprint density at radius 1 is 1.47 bits per heavy atom. The molecule has 1 amide bonds. The van der Waals surface area contributed by atoms with Crippen molar-refractivity contribution >= 4 is 17.3 Å². The molecule has 1 atom stereocenters. The fourth-order valence-corrected chi connectivity index (χ4v) is 2.75. The van der Waals surface area contributed by atoms with Gasteiger partial charge >= 0.3 is 0 Å². The van der Waals surface area contributed by atoms with Crippen LogP contribution in [0.25, 0.3) is 0 Å². The summed E-state index contributed by atoms with van der Waals surface area (Å²) < 4.78 is 0. The van der Waals surface area contributed by atoms with Gasteiger partial charge in [0.05, 0.1) is 11.4 Å². The molecular formula is C14H21N3O2. The van der Waals surface area contributed by atoms with Crippen LogP contribution in [-0.2, 0) is 0 Å². The van der Waals surface area contributed by atoms with Crippen molar-refractivity contribution in [2.45, 2.75) is 31.7 Å². The second-order valence-corrected chi connectivity index (χ2v) is 4.99. The van der Waals surface area contributed by atoms with E-state index >= 15 is 0 Å². The van der Waals surface area contributed by atoms with E-state index in [2.05, 4.69) is 4.90 Å². The second-order valence-electron chi connectivity index (χ2n) is 4.99. The molecule has 1 aliphatic heterocycles. The van der Waals surface area contributed by atoms with Gasteiger partial charge in [-0.3, -0.25) is 4.79 Å². The molecular weight excluding hydrogens is 242 g/mol. The van der Waals surface area contributed by atoms with Crippen molar-refractivity contribution in [2.24, 2.45) is 5.73 Å². The van der Waals surface area contributed by atoms with Gasteiger partial charge in [-0.05, 0) is 43.9 Å². The van der Waals surface area contributed by atoms with E-state index in [9.17, 15) is 4.79 Å². The largest absolute Gasteiger partial charge is 0.397 e. The van der Waals surface area contributed by atoms with Crippen molar-refractivity contribution in [3.8, 4) is 0 Å². The van der Waals surface area contributed by atoms with Gasteiger partial charge in [0.1, 0.15) is 0 Å². The van der Waals surface area contributed by atoms with Gasteiger partial charge in [-0.2, -0.15) is 0 Å². The summed E-state index contributed by atoms with van der Waals surface area (Å²) in [5.41, 5.74) is 13.3. The van der Waals surface area contributed by atoms with E-state index in [1.165, 1.54) is 0 Å². The van der Waals surface area contributed by atoms with Crippen LogP contribution in [-0.4, -0.2) is 30.2 Å². The van der Waals surface area contributed by atoms with E-state index in [4.69, 9.17) is 16.6 Å². The van der Waals surface area contributed by atoms with E-state index in [0.717, 1.165) is 37.9 Å². The molecule has 5 N–H and O–H groups in total. The summed E-state index contributed by atoms with van der Waals surface area (Å²) in [6.07, 6.45) is 4.03. The zero-order chi connectivity index (χ0) is 13.8. The van der Waals surface area contributed by atoms with Gasteiger partial charge in [0.25, 0.3) is 0 Å². The highest BCUT2D eigenvalue weighted by atomic mass is 16.2. The van der Waals surface area contributed by atoms with Gasteiger partial charge in [-0.1, -0.05) is 0 Å². The topological polar surface area (TPSA) is 92.6 Å². The Kier molecular flexibility index (Phi) is 4.27. The van der Waals surface area contributed by atoms with E-state index in [-0.39, 0.29) is 6.61 Å². The number of benzene rings is 1. The minimum absolute atomic E-state index is 0.223. The lowest BCUT2D eigenvalue weighted by Crippen LogP contribution is -2.30. The lowest BCUT2D eigenvalue weighted by Gasteiger charge is -2.28. The number of rotatable bonds is 5. The molecule has 5 heteroatoms. The fourth-order valence-electron chi connectivity index (χ4n) is 2.75. The van der Waals surface area contributed by atoms with Crippen LogP contribution in [0.5, 0.6) is 0 Å². The van der Waals surface area contributed by atoms with Crippen LogP contribution in [0.4, 0.5) is 11.4 Å². The van der Waals surface area contributed by atoms with E-state index < -0.39 is 5.91 Å². The van der Waals surface area contributed by atoms with Crippen LogP contribution in [0.1, 0.15) is 36.0 Å². The van der Waals surface area contributed by atoms with Gasteiger partial charge in [-0.25, -0.2) is 0 Å². The standard InChI is InChI=1S/C14H21N3O2/c15-12-9-10(14(16)19)5-6-13(12)17-7-1-3-11(17)4-2-8-18/h5-6,9,11,18H,1-4,7-8,15H2,(H2,16,19). The van der Waals surface area contributed by atoms with Crippen LogP contribution in [0.15, 0.2) is 18.2 Å². The molecule has 19 heavy (non-hydrogen) atoms. The van der Waals surface area contributed by atoms with Crippen LogP contribution < -0.4 is 16.4 Å². The molecule has 0 bridgehead atoms. The van der Waals surface area contributed by atoms with Crippen molar-refractivity contribution in [3.63, 3.8) is 0 Å². The number of carbonyl (C=O) groups is 1. The smallest absolute Gasteiger partial charge is 0.248 e. The van der Waals surface area contributed by atoms with E-state index in [1.807, 2.05) is 6.07 Å². The maximum atomic E-state index is 11.1. The molecule has 0 aromatic heterocycles. The van der Waals surface area contributed by atoms with Crippen molar-refractivity contribution in [1.82, 2.24) is 0 Å². The van der Waals surface area contributed by atoms with Crippen molar-refractivity contribution in [1.29, 1.82) is 0 Å². The number of hydrogen-bond donors (Lipinski definition) is 3. The number of hydrogen-bond acceptors (Lipinski definition) is 4. The lowest BCUT2D eigenvalue weighted by atomic mass is 10.1. The molecule has 1 heterocycles. The zero-order valence-corrected chi connectivity index (χ0v) is 11.0. The monoisotopic (exact) mass is 263 g/mol. The molecule has 1 unspecified atom stereocenters. The van der Waals surface area contributed by atoms with Gasteiger partial charge in [0, 0.05) is 24.8 Å². The first-order valence-corrected chi connectivity index (χ1v) is 6.70. The molecule has 1 aromatic carbocycles. The van der Waals surface area contributed by atoms with Gasteiger partial charge in [0.15, 0.2) is 0 Å². The average molecular weight is 263 g/mol. The summed E-state index contributed by atoms with van der Waals surface area (Å²) in [4.78, 5) is 13.4. The average Bonchev–Trinajstić information content (AvgIpc) is 2.84. The maximum Gasteiger partial charge on any atom is 0.248 e. The quantitative estimate of drug-likeness (QED) is 0.694. The highest BCUT2D eigenvalue weighted by Crippen LogP contribution is 2.32. The Morgan fingerprint density at radius 2 is 2.26 bits per heavy atom. The Morgan fingerprint density at radius 3 is 2.89 bits per heavy atom. The van der Waals surface area contributed by atoms with Crippen molar-refractivity contribution < 1.29 is 9.90 Å². The van der Waals surface area contributed by atoms with Crippen LogP contribution in [0.3, 0.4) is 0 Å². The third-order valence-corrected chi connectivity index (χ3v) is 3.69. The normalized spacial score (nSPS) is 18.8. The molecule has 2 rings (SSSR count). The number of nitrogens with zero attached hydrogens (tertiary/aromatic N) is 1. The van der Waals surface area contributed by atoms with Crippen LogP contribution >= 0.6 is 0 Å². The minimum Gasteiger partial charge on any atom is -0.397 e. The number of carbonyl (C=O) groups excluding carboxylic acids is 1. The fraction of sp³-hybridized carbons (Fsp3) is 0.500. The van der Waals surface area contributed by atoms with Crippen LogP contribution in [0.2, 0.25) is 0 Å². The first-order chi connectivity index (χ1) is 9.13. The minimum atomic E-state index is -0.462. The third kappa shape index (κ3) is 2.98. The molecule has 5 nitrogen and oxygen atoms in total. The molecule has 0 radical (unpaired) electrons. The van der Waals surface area contributed by atoms with Crippen molar-refractivity contribution in [2.75, 3.05) is 23.8 Å². The number of primary amides is 1. The summed E-state index contributed by atoms with van der Waals surface area (Å²) in [6.45, 7) is 1.19. The lowest BCUT2D eigenvalue weighted by molar-refractivity contribution is 0.100. The van der Waals surface area contributed by atoms with Crippen LogP contribution in [0, 0.1) is 0 Å². The molecule has 0 saturated carbocycles. The number of amides is 1. The summed E-state index contributed by atoms with van der Waals surface area (Å²) in [5, 5.41) is 8.94. The van der Waals surface area contributed by atoms with E-state index in [0.29, 0.717) is 17.3 Å². The SMILES string of the molecule is NC(=O)c1ccc(N2CCCC2CCCO)c(N)c1. The molecule has 1 saturated heterocycles. The van der Waals surface area contributed by atoms with Crippen molar-refractivity contribution in [3.05, 3.63) is 23.8 Å². The maximum absolute atomic E-state index is 11.1. The predicted molar refractivity (Wildman–Crippen MR) is 76.1 cm³/mol. The Hall–Kier alpha value is -1.75. The Balaban J connectivity index is 2.18. The highest BCUT2D eigenvalue weighted by Gasteiger charge is 2.25. The molecule has 0 aliphatic carbocycles. The Labute approximate surface area is 113 Å². The number of nitrogens with two attached hydrogens (primary N) is 2. The zero-order valence-electron chi connectivity index (χ0n) is 11.0. The molecule has 1 aromatic rings. The summed E-state index contributed by atoms with van der Waals surface area (Å²) in [6, 6.07) is 5.65. The number of anilines is 2. The van der Waals surface area contributed by atoms with Gasteiger partial charge < -0.3 is 21.5 Å². The summed E-state index contributed by atoms with van der Waals surface area (Å²) >= 11 is 0. The van der Waals surface area contributed by atoms with Gasteiger partial charge in [0.2, 0.25) is 5.91 Å². The second kappa shape index (κ2) is 5.93. The third-order valence-electron chi connectivity index (χ3n) is 3.69. The first-order valence-electron chi connectivity index (χ1n) is 6.70. The first kappa shape index (κ1) is 13.7. The number of nitrogen functional groups attached to an aromatic ring is 1.